The lowest BCUT2D eigenvalue weighted by Crippen LogP contribution is -2.15. The zero-order valence-electron chi connectivity index (χ0n) is 11.8. The fourth-order valence-electron chi connectivity index (χ4n) is 2.49. The summed E-state index contributed by atoms with van der Waals surface area (Å²) < 4.78 is 0. The van der Waals surface area contributed by atoms with Crippen molar-refractivity contribution in [2.45, 2.75) is 18.3 Å². The quantitative estimate of drug-likeness (QED) is 0.756. The molecule has 0 bridgehead atoms. The van der Waals surface area contributed by atoms with E-state index in [0.29, 0.717) is 26.2 Å². The van der Waals surface area contributed by atoms with Crippen molar-refractivity contribution < 1.29 is 9.90 Å². The van der Waals surface area contributed by atoms with Gasteiger partial charge < -0.3 is 5.11 Å². The number of carbonyl (C=O) groups is 1. The molecule has 2 atom stereocenters. The van der Waals surface area contributed by atoms with Gasteiger partial charge in [-0.05, 0) is 35.4 Å². The molecule has 118 valence electrons. The van der Waals surface area contributed by atoms with Crippen LogP contribution in [0, 0.1) is 11.3 Å². The summed E-state index contributed by atoms with van der Waals surface area (Å²) >= 11 is 18.1. The van der Waals surface area contributed by atoms with Gasteiger partial charge in [0.1, 0.15) is 0 Å². The van der Waals surface area contributed by atoms with Crippen molar-refractivity contribution in [3.8, 4) is 6.07 Å². The third kappa shape index (κ3) is 4.39. The normalized spacial score (nSPS) is 13.1. The standard InChI is InChI=1S/C17H12Cl3NO2/c18-11-3-1-2-10(6-11)15(9-21)14(8-17(22)23)13-5-4-12(19)7-16(13)20/h1-7,14-15H,8H2,(H,22,23). The summed E-state index contributed by atoms with van der Waals surface area (Å²) in [5, 5.41) is 20.1. The maximum absolute atomic E-state index is 11.3. The van der Waals surface area contributed by atoms with Crippen molar-refractivity contribution in [1.82, 2.24) is 0 Å². The fraction of sp³-hybridized carbons (Fsp3) is 0.176. The average molecular weight is 369 g/mol. The smallest absolute Gasteiger partial charge is 0.304 e. The molecule has 1 N–H and O–H groups in total. The second kappa shape index (κ2) is 7.70. The fourth-order valence-corrected chi connectivity index (χ4v) is 3.24. The maximum Gasteiger partial charge on any atom is 0.304 e. The van der Waals surface area contributed by atoms with E-state index in [2.05, 4.69) is 6.07 Å². The SMILES string of the molecule is N#CC(c1cccc(Cl)c1)C(CC(=O)O)c1ccc(Cl)cc1Cl. The van der Waals surface area contributed by atoms with Crippen LogP contribution in [-0.4, -0.2) is 11.1 Å². The molecular formula is C17H12Cl3NO2. The van der Waals surface area contributed by atoms with Crippen LogP contribution in [0.2, 0.25) is 15.1 Å². The minimum atomic E-state index is -1.01. The van der Waals surface area contributed by atoms with Gasteiger partial charge in [0.05, 0.1) is 18.4 Å². The molecule has 2 unspecified atom stereocenters. The molecule has 0 aromatic heterocycles. The molecule has 3 nitrogen and oxygen atoms in total. The van der Waals surface area contributed by atoms with Crippen LogP contribution >= 0.6 is 34.8 Å². The zero-order valence-corrected chi connectivity index (χ0v) is 14.1. The molecule has 0 spiro atoms. The van der Waals surface area contributed by atoms with Crippen LogP contribution < -0.4 is 0 Å². The molecule has 6 heteroatoms. The van der Waals surface area contributed by atoms with Crippen molar-refractivity contribution in [2.75, 3.05) is 0 Å². The summed E-state index contributed by atoms with van der Waals surface area (Å²) in [6.07, 6.45) is -0.230. The predicted molar refractivity (Wildman–Crippen MR) is 91.3 cm³/mol. The summed E-state index contributed by atoms with van der Waals surface area (Å²) in [7, 11) is 0. The Morgan fingerprint density at radius 1 is 1.13 bits per heavy atom. The van der Waals surface area contributed by atoms with E-state index in [4.69, 9.17) is 34.8 Å². The van der Waals surface area contributed by atoms with Crippen LogP contribution in [0.15, 0.2) is 42.5 Å². The Morgan fingerprint density at radius 2 is 1.83 bits per heavy atom. The minimum absolute atomic E-state index is 0.230. The van der Waals surface area contributed by atoms with E-state index in [1.54, 1.807) is 42.5 Å². The largest absolute Gasteiger partial charge is 0.481 e. The third-order valence-corrected chi connectivity index (χ3v) is 4.30. The first-order chi connectivity index (χ1) is 10.9. The lowest BCUT2D eigenvalue weighted by Gasteiger charge is -2.22. The van der Waals surface area contributed by atoms with Gasteiger partial charge in [0.25, 0.3) is 0 Å². The van der Waals surface area contributed by atoms with Gasteiger partial charge in [0.2, 0.25) is 0 Å². The second-order valence-corrected chi connectivity index (χ2v) is 6.31. The summed E-state index contributed by atoms with van der Waals surface area (Å²) in [4.78, 5) is 11.3. The lowest BCUT2D eigenvalue weighted by atomic mass is 9.80. The molecule has 2 aromatic carbocycles. The van der Waals surface area contributed by atoms with Gasteiger partial charge in [-0.25, -0.2) is 0 Å². The Labute approximate surface area is 149 Å². The van der Waals surface area contributed by atoms with E-state index in [1.165, 1.54) is 0 Å². The van der Waals surface area contributed by atoms with Gasteiger partial charge >= 0.3 is 5.97 Å². The van der Waals surface area contributed by atoms with Gasteiger partial charge in [0.15, 0.2) is 0 Å². The average Bonchev–Trinajstić information content (AvgIpc) is 2.47. The van der Waals surface area contributed by atoms with Gasteiger partial charge in [-0.1, -0.05) is 53.0 Å². The van der Waals surface area contributed by atoms with Crippen LogP contribution in [0.25, 0.3) is 0 Å². The van der Waals surface area contributed by atoms with E-state index in [0.717, 1.165) is 0 Å². The number of nitriles is 1. The number of hydrogen-bond acceptors (Lipinski definition) is 2. The molecule has 0 fully saturated rings. The molecule has 0 saturated heterocycles. The zero-order chi connectivity index (χ0) is 17.0. The molecule has 0 aliphatic rings. The Hall–Kier alpha value is -1.73. The first-order valence-electron chi connectivity index (χ1n) is 6.74. The molecule has 2 aromatic rings. The molecule has 23 heavy (non-hydrogen) atoms. The van der Waals surface area contributed by atoms with Crippen molar-refractivity contribution in [2.24, 2.45) is 0 Å². The molecule has 0 aliphatic carbocycles. The number of halogens is 3. The molecule has 0 heterocycles. The summed E-state index contributed by atoms with van der Waals surface area (Å²) in [5.41, 5.74) is 1.22. The van der Waals surface area contributed by atoms with E-state index in [1.807, 2.05) is 0 Å². The summed E-state index contributed by atoms with van der Waals surface area (Å²) in [5.74, 6) is -2.31. The monoisotopic (exact) mass is 367 g/mol. The number of carboxylic acid groups (broad SMARTS) is 1. The highest BCUT2D eigenvalue weighted by molar-refractivity contribution is 6.35. The Bertz CT molecular complexity index is 771. The van der Waals surface area contributed by atoms with Crippen LogP contribution in [-0.2, 0) is 4.79 Å². The number of hydrogen-bond donors (Lipinski definition) is 1. The Morgan fingerprint density at radius 3 is 2.39 bits per heavy atom. The molecule has 2 rings (SSSR count). The molecule has 0 aliphatic heterocycles. The van der Waals surface area contributed by atoms with E-state index in [-0.39, 0.29) is 6.42 Å². The first-order valence-corrected chi connectivity index (χ1v) is 7.87. The van der Waals surface area contributed by atoms with Crippen molar-refractivity contribution in [1.29, 1.82) is 5.26 Å². The van der Waals surface area contributed by atoms with E-state index < -0.39 is 17.8 Å². The second-order valence-electron chi connectivity index (χ2n) is 5.03. The molecule has 0 radical (unpaired) electrons. The Kier molecular flexibility index (Phi) is 5.90. The highest BCUT2D eigenvalue weighted by Crippen LogP contribution is 2.39. The third-order valence-electron chi connectivity index (χ3n) is 3.51. The minimum Gasteiger partial charge on any atom is -0.481 e. The number of aliphatic carboxylic acids is 1. The van der Waals surface area contributed by atoms with E-state index in [9.17, 15) is 15.2 Å². The van der Waals surface area contributed by atoms with Gasteiger partial charge in [-0.15, -0.1) is 0 Å². The Balaban J connectivity index is 2.52. The summed E-state index contributed by atoms with van der Waals surface area (Å²) in [6, 6.07) is 13.8. The number of nitrogens with zero attached hydrogens (tertiary/aromatic N) is 1. The van der Waals surface area contributed by atoms with Gasteiger partial charge in [-0.3, -0.25) is 4.79 Å². The van der Waals surface area contributed by atoms with Crippen LogP contribution in [0.4, 0.5) is 0 Å². The van der Waals surface area contributed by atoms with Crippen LogP contribution in [0.1, 0.15) is 29.4 Å². The number of rotatable bonds is 5. The van der Waals surface area contributed by atoms with Crippen LogP contribution in [0.5, 0.6) is 0 Å². The number of benzene rings is 2. The van der Waals surface area contributed by atoms with Crippen molar-refractivity contribution >= 4 is 40.8 Å². The van der Waals surface area contributed by atoms with Gasteiger partial charge in [-0.2, -0.15) is 5.26 Å². The topological polar surface area (TPSA) is 61.1 Å². The lowest BCUT2D eigenvalue weighted by molar-refractivity contribution is -0.137. The number of carboxylic acids is 1. The molecular weight excluding hydrogens is 357 g/mol. The predicted octanol–water partition coefficient (Wildman–Crippen LogP) is 5.51. The molecule has 0 saturated carbocycles. The maximum atomic E-state index is 11.3. The van der Waals surface area contributed by atoms with Gasteiger partial charge in [0, 0.05) is 21.0 Å². The van der Waals surface area contributed by atoms with Crippen molar-refractivity contribution in [3.05, 3.63) is 68.7 Å². The molecule has 0 amide bonds. The van der Waals surface area contributed by atoms with Crippen LogP contribution in [0.3, 0.4) is 0 Å². The highest BCUT2D eigenvalue weighted by atomic mass is 35.5. The highest BCUT2D eigenvalue weighted by Gasteiger charge is 2.29. The van der Waals surface area contributed by atoms with Crippen molar-refractivity contribution in [3.63, 3.8) is 0 Å². The van der Waals surface area contributed by atoms with E-state index >= 15 is 0 Å². The summed E-state index contributed by atoms with van der Waals surface area (Å²) in [6.45, 7) is 0. The first kappa shape index (κ1) is 17.6.